The lowest BCUT2D eigenvalue weighted by Gasteiger charge is -2.19. The number of benzene rings is 2. The van der Waals surface area contributed by atoms with Crippen molar-refractivity contribution in [3.05, 3.63) is 58.1 Å². The molecule has 0 unspecified atom stereocenters. The van der Waals surface area contributed by atoms with Crippen LogP contribution in [0.25, 0.3) is 0 Å². The number of hydrogen-bond acceptors (Lipinski definition) is 4. The molecule has 2 aromatic carbocycles. The van der Waals surface area contributed by atoms with E-state index in [1.54, 1.807) is 24.3 Å². The third kappa shape index (κ3) is 4.76. The van der Waals surface area contributed by atoms with Crippen molar-refractivity contribution in [3.8, 4) is 0 Å². The number of nitrogens with one attached hydrogen (secondary N) is 2. The number of rotatable bonds is 4. The van der Waals surface area contributed by atoms with Crippen molar-refractivity contribution in [2.75, 3.05) is 21.9 Å². The van der Waals surface area contributed by atoms with E-state index in [1.807, 2.05) is 0 Å². The van der Waals surface area contributed by atoms with Crippen molar-refractivity contribution < 1.29 is 18.0 Å². The molecule has 10 heteroatoms. The monoisotopic (exact) mass is 441 g/mol. The van der Waals surface area contributed by atoms with Gasteiger partial charge in [-0.1, -0.05) is 35.3 Å². The Morgan fingerprint density at radius 1 is 1.04 bits per heavy atom. The Morgan fingerprint density at radius 2 is 1.75 bits per heavy atom. The molecular formula is C18H17Cl2N3O4S. The minimum atomic E-state index is -3.42. The Bertz CT molecular complexity index is 1010. The summed E-state index contributed by atoms with van der Waals surface area (Å²) in [6.07, 6.45) is 0.502. The predicted octanol–water partition coefficient (Wildman–Crippen LogP) is 2.79. The molecule has 3 rings (SSSR count). The van der Waals surface area contributed by atoms with E-state index < -0.39 is 21.8 Å². The fourth-order valence-corrected chi connectivity index (χ4v) is 4.71. The highest BCUT2D eigenvalue weighted by Crippen LogP contribution is 2.33. The van der Waals surface area contributed by atoms with Crippen LogP contribution in [0.1, 0.15) is 12.0 Å². The second kappa shape index (κ2) is 8.38. The van der Waals surface area contributed by atoms with E-state index >= 15 is 0 Å². The van der Waals surface area contributed by atoms with Gasteiger partial charge in [0.25, 0.3) is 0 Å². The number of nitrogens with zero attached hydrogens (tertiary/aromatic N) is 1. The first kappa shape index (κ1) is 20.4. The SMILES string of the molecule is O=C(NCc1ccc(Cl)cc1)C(=O)Nc1ccc(Cl)c(N2CCCS2(=O)=O)c1. The molecule has 0 saturated carbocycles. The highest BCUT2D eigenvalue weighted by Gasteiger charge is 2.30. The molecular weight excluding hydrogens is 425 g/mol. The third-order valence-corrected chi connectivity index (χ3v) is 6.57. The summed E-state index contributed by atoms with van der Waals surface area (Å²) in [4.78, 5) is 24.1. The summed E-state index contributed by atoms with van der Waals surface area (Å²) in [6, 6.07) is 11.3. The molecule has 0 atom stereocenters. The van der Waals surface area contributed by atoms with Crippen LogP contribution in [0.2, 0.25) is 10.0 Å². The Morgan fingerprint density at radius 3 is 2.39 bits per heavy atom. The first-order valence-corrected chi connectivity index (χ1v) is 10.8. The second-order valence-corrected chi connectivity index (χ2v) is 9.03. The van der Waals surface area contributed by atoms with Crippen LogP contribution < -0.4 is 14.9 Å². The lowest BCUT2D eigenvalue weighted by Crippen LogP contribution is -2.35. The lowest BCUT2D eigenvalue weighted by atomic mass is 10.2. The fraction of sp³-hybridized carbons (Fsp3) is 0.222. The van der Waals surface area contributed by atoms with Crippen LogP contribution in [0, 0.1) is 0 Å². The molecule has 0 bridgehead atoms. The number of amides is 2. The molecule has 2 aromatic rings. The van der Waals surface area contributed by atoms with Crippen LogP contribution in [0.3, 0.4) is 0 Å². The first-order valence-electron chi connectivity index (χ1n) is 8.40. The van der Waals surface area contributed by atoms with Crippen LogP contribution in [0.5, 0.6) is 0 Å². The summed E-state index contributed by atoms with van der Waals surface area (Å²) >= 11 is 11.9. The minimum Gasteiger partial charge on any atom is -0.344 e. The largest absolute Gasteiger partial charge is 0.344 e. The number of halogens is 2. The summed E-state index contributed by atoms with van der Waals surface area (Å²) in [5.41, 5.74) is 1.34. The number of sulfonamides is 1. The maximum Gasteiger partial charge on any atom is 0.313 e. The molecule has 2 amide bonds. The van der Waals surface area contributed by atoms with E-state index in [0.29, 0.717) is 18.0 Å². The average molecular weight is 442 g/mol. The topological polar surface area (TPSA) is 95.6 Å². The van der Waals surface area contributed by atoms with Crippen LogP contribution in [-0.4, -0.2) is 32.5 Å². The number of hydrogen-bond donors (Lipinski definition) is 2. The van der Waals surface area contributed by atoms with Gasteiger partial charge in [-0.05, 0) is 42.3 Å². The molecule has 1 saturated heterocycles. The zero-order valence-corrected chi connectivity index (χ0v) is 16.9. The second-order valence-electron chi connectivity index (χ2n) is 6.17. The van der Waals surface area contributed by atoms with Crippen molar-refractivity contribution in [2.45, 2.75) is 13.0 Å². The van der Waals surface area contributed by atoms with Gasteiger partial charge in [0.15, 0.2) is 0 Å². The van der Waals surface area contributed by atoms with E-state index in [9.17, 15) is 18.0 Å². The van der Waals surface area contributed by atoms with E-state index in [0.717, 1.165) is 5.56 Å². The Kier molecular flexibility index (Phi) is 6.12. The summed E-state index contributed by atoms with van der Waals surface area (Å²) in [5, 5.41) is 5.78. The first-order chi connectivity index (χ1) is 13.3. The van der Waals surface area contributed by atoms with Crippen LogP contribution in [0.15, 0.2) is 42.5 Å². The molecule has 0 radical (unpaired) electrons. The zero-order valence-electron chi connectivity index (χ0n) is 14.6. The maximum atomic E-state index is 12.1. The molecule has 2 N–H and O–H groups in total. The lowest BCUT2D eigenvalue weighted by molar-refractivity contribution is -0.136. The van der Waals surface area contributed by atoms with Gasteiger partial charge in [0.05, 0.1) is 16.5 Å². The predicted molar refractivity (Wildman–Crippen MR) is 109 cm³/mol. The van der Waals surface area contributed by atoms with Gasteiger partial charge in [-0.25, -0.2) is 8.42 Å². The molecule has 148 valence electrons. The van der Waals surface area contributed by atoms with E-state index in [2.05, 4.69) is 10.6 Å². The maximum absolute atomic E-state index is 12.1. The molecule has 0 spiro atoms. The van der Waals surface area contributed by atoms with Crippen molar-refractivity contribution in [1.29, 1.82) is 0 Å². The number of carbonyl (C=O) groups excluding carboxylic acids is 2. The van der Waals surface area contributed by atoms with Gasteiger partial charge in [0.2, 0.25) is 10.0 Å². The van der Waals surface area contributed by atoms with E-state index in [4.69, 9.17) is 23.2 Å². The summed E-state index contributed by atoms with van der Waals surface area (Å²) in [5.74, 6) is -1.64. The van der Waals surface area contributed by atoms with Gasteiger partial charge in [0.1, 0.15) is 0 Å². The molecule has 0 aromatic heterocycles. The molecule has 1 heterocycles. The third-order valence-electron chi connectivity index (χ3n) is 4.14. The molecule has 1 aliphatic rings. The van der Waals surface area contributed by atoms with E-state index in [1.165, 1.54) is 22.5 Å². The van der Waals surface area contributed by atoms with E-state index in [-0.39, 0.29) is 28.7 Å². The highest BCUT2D eigenvalue weighted by atomic mass is 35.5. The van der Waals surface area contributed by atoms with Crippen LogP contribution in [0.4, 0.5) is 11.4 Å². The molecule has 7 nitrogen and oxygen atoms in total. The van der Waals surface area contributed by atoms with Crippen molar-refractivity contribution in [2.24, 2.45) is 0 Å². The quantitative estimate of drug-likeness (QED) is 0.712. The van der Waals surface area contributed by atoms with Gasteiger partial charge >= 0.3 is 11.8 Å². The van der Waals surface area contributed by atoms with Gasteiger partial charge in [-0.15, -0.1) is 0 Å². The van der Waals surface area contributed by atoms with Gasteiger partial charge in [-0.3, -0.25) is 13.9 Å². The summed E-state index contributed by atoms with van der Waals surface area (Å²) in [6.45, 7) is 0.488. The normalized spacial score (nSPS) is 15.3. The van der Waals surface area contributed by atoms with Crippen molar-refractivity contribution in [3.63, 3.8) is 0 Å². The number of carbonyl (C=O) groups is 2. The zero-order chi connectivity index (χ0) is 20.3. The molecule has 28 heavy (non-hydrogen) atoms. The van der Waals surface area contributed by atoms with Gasteiger partial charge < -0.3 is 10.6 Å². The molecule has 1 aliphatic heterocycles. The Labute approximate surface area is 172 Å². The standard InChI is InChI=1S/C18H17Cl2N3O4S/c19-13-4-2-12(3-5-13)11-21-17(24)18(25)22-14-6-7-15(20)16(10-14)23-8-1-9-28(23,26)27/h2-7,10H,1,8-9,11H2,(H,21,24)(H,22,25). The highest BCUT2D eigenvalue weighted by molar-refractivity contribution is 7.93. The van der Waals surface area contributed by atoms with Crippen LogP contribution >= 0.6 is 23.2 Å². The van der Waals surface area contributed by atoms with Gasteiger partial charge in [0, 0.05) is 23.8 Å². The molecule has 0 aliphatic carbocycles. The van der Waals surface area contributed by atoms with Crippen LogP contribution in [-0.2, 0) is 26.2 Å². The number of anilines is 2. The fourth-order valence-electron chi connectivity index (χ4n) is 2.74. The van der Waals surface area contributed by atoms with Gasteiger partial charge in [-0.2, -0.15) is 0 Å². The van der Waals surface area contributed by atoms with Crippen molar-refractivity contribution in [1.82, 2.24) is 5.32 Å². The smallest absolute Gasteiger partial charge is 0.313 e. The summed E-state index contributed by atoms with van der Waals surface area (Å²) in [7, 11) is -3.42. The Hall–Kier alpha value is -2.29. The average Bonchev–Trinajstić information content (AvgIpc) is 3.01. The molecule has 1 fully saturated rings. The van der Waals surface area contributed by atoms with Crippen molar-refractivity contribution >= 4 is 56.4 Å². The minimum absolute atomic E-state index is 0.0486. The summed E-state index contributed by atoms with van der Waals surface area (Å²) < 4.78 is 25.4. The Balaban J connectivity index is 1.66.